The van der Waals surface area contributed by atoms with Crippen molar-refractivity contribution >= 4 is 28.5 Å². The number of aromatic nitrogens is 4. The Labute approximate surface area is 188 Å². The predicted octanol–water partition coefficient (Wildman–Crippen LogP) is 2.66. The molecule has 0 aliphatic heterocycles. The van der Waals surface area contributed by atoms with Gasteiger partial charge in [0, 0.05) is 32.1 Å². The van der Waals surface area contributed by atoms with Gasteiger partial charge in [-0.1, -0.05) is 47.1 Å². The van der Waals surface area contributed by atoms with Crippen molar-refractivity contribution in [1.82, 2.24) is 19.5 Å². The molecule has 4 aromatic rings. The summed E-state index contributed by atoms with van der Waals surface area (Å²) in [5.41, 5.74) is 7.30. The average Bonchev–Trinajstić information content (AvgIpc) is 3.15. The number of nitrogens with zero attached hydrogens (tertiary/aromatic N) is 5. The van der Waals surface area contributed by atoms with Gasteiger partial charge in [-0.25, -0.2) is 9.97 Å². The van der Waals surface area contributed by atoms with Gasteiger partial charge in [0.15, 0.2) is 11.4 Å². The SMILES string of the molecule is COCC(O)(c1ccccc1)c1nc2cc(/C(N)=N/O)nc(-c3cncc(Cl)c3)c2n1C. The molecule has 0 aliphatic carbocycles. The summed E-state index contributed by atoms with van der Waals surface area (Å²) in [7, 11) is 3.29. The van der Waals surface area contributed by atoms with Crippen LogP contribution in [0.1, 0.15) is 17.1 Å². The van der Waals surface area contributed by atoms with Crippen molar-refractivity contribution in [2.45, 2.75) is 5.60 Å². The fourth-order valence-electron chi connectivity index (χ4n) is 3.73. The van der Waals surface area contributed by atoms with Crippen molar-refractivity contribution in [1.29, 1.82) is 0 Å². The number of aryl methyl sites for hydroxylation is 1. The number of hydrogen-bond acceptors (Lipinski definition) is 7. The molecule has 0 saturated carbocycles. The van der Waals surface area contributed by atoms with Crippen LogP contribution in [0.15, 0.2) is 60.0 Å². The van der Waals surface area contributed by atoms with Gasteiger partial charge in [-0.2, -0.15) is 0 Å². The Balaban J connectivity index is 2.05. The monoisotopic (exact) mass is 452 g/mol. The lowest BCUT2D eigenvalue weighted by Gasteiger charge is -2.27. The highest BCUT2D eigenvalue weighted by atomic mass is 35.5. The zero-order valence-corrected chi connectivity index (χ0v) is 18.2. The number of imidazole rings is 1. The van der Waals surface area contributed by atoms with Crippen LogP contribution in [0.3, 0.4) is 0 Å². The third-order valence-corrected chi connectivity index (χ3v) is 5.38. The molecule has 0 bridgehead atoms. The summed E-state index contributed by atoms with van der Waals surface area (Å²) in [4.78, 5) is 13.4. The fourth-order valence-corrected chi connectivity index (χ4v) is 3.90. The summed E-state index contributed by atoms with van der Waals surface area (Å²) in [6.07, 6.45) is 3.12. The lowest BCUT2D eigenvalue weighted by atomic mass is 9.93. The lowest BCUT2D eigenvalue weighted by molar-refractivity contribution is -0.0112. The second-order valence-electron chi connectivity index (χ2n) is 7.25. The molecule has 3 aromatic heterocycles. The molecule has 0 amide bonds. The van der Waals surface area contributed by atoms with E-state index in [4.69, 9.17) is 27.1 Å². The van der Waals surface area contributed by atoms with E-state index in [0.717, 1.165) is 0 Å². The number of oxime groups is 1. The number of rotatable bonds is 6. The number of methoxy groups -OCH3 is 1. The van der Waals surface area contributed by atoms with Gasteiger partial charge in [-0.15, -0.1) is 0 Å². The lowest BCUT2D eigenvalue weighted by Crippen LogP contribution is -2.35. The van der Waals surface area contributed by atoms with Gasteiger partial charge in [0.05, 0.1) is 28.4 Å². The summed E-state index contributed by atoms with van der Waals surface area (Å²) in [6, 6.07) is 12.4. The smallest absolute Gasteiger partial charge is 0.188 e. The van der Waals surface area contributed by atoms with Gasteiger partial charge in [0.2, 0.25) is 0 Å². The van der Waals surface area contributed by atoms with E-state index in [1.165, 1.54) is 13.3 Å². The average molecular weight is 453 g/mol. The summed E-state index contributed by atoms with van der Waals surface area (Å²) in [5.74, 6) is 0.167. The molecule has 0 radical (unpaired) electrons. The number of halogens is 1. The molecule has 4 N–H and O–H groups in total. The maximum atomic E-state index is 11.7. The summed E-state index contributed by atoms with van der Waals surface area (Å²) in [5, 5.41) is 24.4. The quantitative estimate of drug-likeness (QED) is 0.177. The summed E-state index contributed by atoms with van der Waals surface area (Å²) in [6.45, 7) is -0.0250. The Hall–Kier alpha value is -3.53. The van der Waals surface area contributed by atoms with Crippen LogP contribution in [-0.4, -0.2) is 49.4 Å². The highest BCUT2D eigenvalue weighted by Crippen LogP contribution is 2.35. The minimum Gasteiger partial charge on any atom is -0.409 e. The van der Waals surface area contributed by atoms with Crippen molar-refractivity contribution in [2.75, 3.05) is 13.7 Å². The molecule has 0 fully saturated rings. The Bertz CT molecular complexity index is 1310. The van der Waals surface area contributed by atoms with E-state index >= 15 is 0 Å². The van der Waals surface area contributed by atoms with E-state index in [9.17, 15) is 10.3 Å². The van der Waals surface area contributed by atoms with E-state index in [2.05, 4.69) is 15.1 Å². The highest BCUT2D eigenvalue weighted by molar-refractivity contribution is 6.30. The fraction of sp³-hybridized carbons (Fsp3) is 0.182. The predicted molar refractivity (Wildman–Crippen MR) is 121 cm³/mol. The first-order chi connectivity index (χ1) is 15.4. The molecular formula is C22H21ClN6O3. The van der Waals surface area contributed by atoms with Crippen molar-refractivity contribution in [3.63, 3.8) is 0 Å². The second-order valence-corrected chi connectivity index (χ2v) is 7.69. The third-order valence-electron chi connectivity index (χ3n) is 5.18. The Morgan fingerprint density at radius 1 is 1.22 bits per heavy atom. The van der Waals surface area contributed by atoms with Gasteiger partial charge in [0.1, 0.15) is 11.5 Å². The maximum absolute atomic E-state index is 11.7. The molecule has 1 unspecified atom stereocenters. The van der Waals surface area contributed by atoms with E-state index in [0.29, 0.717) is 38.7 Å². The second kappa shape index (κ2) is 8.54. The van der Waals surface area contributed by atoms with Gasteiger partial charge in [-0.05, 0) is 17.7 Å². The van der Waals surface area contributed by atoms with Crippen molar-refractivity contribution < 1.29 is 15.1 Å². The zero-order valence-electron chi connectivity index (χ0n) is 17.4. The van der Waals surface area contributed by atoms with Crippen LogP contribution in [0.4, 0.5) is 0 Å². The Morgan fingerprint density at radius 2 is 1.97 bits per heavy atom. The Morgan fingerprint density at radius 3 is 2.62 bits per heavy atom. The molecule has 0 aliphatic rings. The molecule has 164 valence electrons. The zero-order chi connectivity index (χ0) is 22.9. The number of nitrogens with two attached hydrogens (primary N) is 1. The van der Waals surface area contributed by atoms with Gasteiger partial charge >= 0.3 is 0 Å². The number of pyridine rings is 2. The summed E-state index contributed by atoms with van der Waals surface area (Å²) < 4.78 is 7.11. The normalized spacial score (nSPS) is 13.9. The summed E-state index contributed by atoms with van der Waals surface area (Å²) >= 11 is 6.16. The van der Waals surface area contributed by atoms with Crippen LogP contribution < -0.4 is 5.73 Å². The maximum Gasteiger partial charge on any atom is 0.188 e. The number of fused-ring (bicyclic) bond motifs is 1. The van der Waals surface area contributed by atoms with E-state index in [-0.39, 0.29) is 18.1 Å². The van der Waals surface area contributed by atoms with Crippen LogP contribution in [0.25, 0.3) is 22.3 Å². The van der Waals surface area contributed by atoms with Gasteiger partial charge in [-0.3, -0.25) is 4.98 Å². The molecular weight excluding hydrogens is 432 g/mol. The topological polar surface area (TPSA) is 132 Å². The van der Waals surface area contributed by atoms with E-state index in [1.807, 2.05) is 18.2 Å². The van der Waals surface area contributed by atoms with Crippen LogP contribution in [0, 0.1) is 0 Å². The number of amidine groups is 1. The largest absolute Gasteiger partial charge is 0.409 e. The van der Waals surface area contributed by atoms with Crippen LogP contribution >= 0.6 is 11.6 Å². The molecule has 4 rings (SSSR count). The third kappa shape index (κ3) is 3.66. The first-order valence-corrected chi connectivity index (χ1v) is 10.0. The van der Waals surface area contributed by atoms with Crippen molar-refractivity contribution in [2.24, 2.45) is 17.9 Å². The molecule has 10 heteroatoms. The standard InChI is InChI=1S/C22H21ClN6O3/c1-29-19-16(27-21(29)22(30,12-32-2)14-6-4-3-5-7-14)9-17(20(24)28-31)26-18(19)13-8-15(23)11-25-10-13/h3-11,30-31H,12H2,1-2H3,(H2,24,28). The molecule has 0 spiro atoms. The molecule has 3 heterocycles. The first kappa shape index (κ1) is 21.7. The molecule has 1 atom stereocenters. The molecule has 1 aromatic carbocycles. The van der Waals surface area contributed by atoms with E-state index < -0.39 is 5.60 Å². The van der Waals surface area contributed by atoms with Crippen LogP contribution in [0.2, 0.25) is 5.02 Å². The van der Waals surface area contributed by atoms with Crippen molar-refractivity contribution in [3.05, 3.63) is 77.0 Å². The highest BCUT2D eigenvalue weighted by Gasteiger charge is 2.37. The number of hydrogen-bond donors (Lipinski definition) is 3. The molecule has 32 heavy (non-hydrogen) atoms. The van der Waals surface area contributed by atoms with E-state index in [1.54, 1.807) is 42.1 Å². The number of aliphatic hydroxyl groups is 1. The first-order valence-electron chi connectivity index (χ1n) is 9.62. The van der Waals surface area contributed by atoms with Crippen LogP contribution in [-0.2, 0) is 17.4 Å². The molecule has 9 nitrogen and oxygen atoms in total. The van der Waals surface area contributed by atoms with Gasteiger partial charge in [0.25, 0.3) is 0 Å². The van der Waals surface area contributed by atoms with Crippen molar-refractivity contribution in [3.8, 4) is 11.3 Å². The van der Waals surface area contributed by atoms with Gasteiger partial charge < -0.3 is 25.4 Å². The minimum absolute atomic E-state index is 0.0250. The number of ether oxygens (including phenoxy) is 1. The minimum atomic E-state index is -1.54. The van der Waals surface area contributed by atoms with Crippen LogP contribution in [0.5, 0.6) is 0 Å². The Kier molecular flexibility index (Phi) is 5.79. The molecule has 0 saturated heterocycles. The number of benzene rings is 1.